The first-order valence-corrected chi connectivity index (χ1v) is 7.57. The zero-order chi connectivity index (χ0) is 15.7. The highest BCUT2D eigenvalue weighted by Gasteiger charge is 2.20. The lowest BCUT2D eigenvalue weighted by molar-refractivity contribution is 0.195. The Morgan fingerprint density at radius 2 is 1.86 bits per heavy atom. The first kappa shape index (κ1) is 21.5. The SMILES string of the molecule is CN=C(NCCCOC)NCC(C)(C)c1ccc(Cl)cc1.I. The molecule has 1 rings (SSSR count). The zero-order valence-electron chi connectivity index (χ0n) is 13.8. The Morgan fingerprint density at radius 1 is 1.23 bits per heavy atom. The molecule has 0 saturated carbocycles. The molecule has 0 aliphatic rings. The number of aliphatic imine (C=N–C) groups is 1. The van der Waals surface area contributed by atoms with Crippen molar-refractivity contribution in [1.29, 1.82) is 0 Å². The summed E-state index contributed by atoms with van der Waals surface area (Å²) in [6.45, 7) is 6.77. The van der Waals surface area contributed by atoms with Gasteiger partial charge in [-0.25, -0.2) is 0 Å². The van der Waals surface area contributed by atoms with Gasteiger partial charge in [-0.1, -0.05) is 37.6 Å². The largest absolute Gasteiger partial charge is 0.385 e. The summed E-state index contributed by atoms with van der Waals surface area (Å²) >= 11 is 5.94. The summed E-state index contributed by atoms with van der Waals surface area (Å²) in [7, 11) is 3.49. The van der Waals surface area contributed by atoms with E-state index in [9.17, 15) is 0 Å². The average molecular weight is 440 g/mol. The molecular formula is C16H27ClIN3O. The number of benzene rings is 1. The number of rotatable bonds is 7. The third kappa shape index (κ3) is 7.65. The molecule has 126 valence electrons. The van der Waals surface area contributed by atoms with Crippen molar-refractivity contribution in [3.05, 3.63) is 34.9 Å². The second-order valence-corrected chi connectivity index (χ2v) is 6.03. The van der Waals surface area contributed by atoms with Crippen LogP contribution in [0.4, 0.5) is 0 Å². The number of hydrogen-bond acceptors (Lipinski definition) is 2. The molecule has 2 N–H and O–H groups in total. The van der Waals surface area contributed by atoms with Gasteiger partial charge in [0, 0.05) is 44.3 Å². The minimum Gasteiger partial charge on any atom is -0.385 e. The maximum atomic E-state index is 5.94. The molecule has 4 nitrogen and oxygen atoms in total. The lowest BCUT2D eigenvalue weighted by Gasteiger charge is -2.27. The summed E-state index contributed by atoms with van der Waals surface area (Å²) < 4.78 is 5.03. The number of methoxy groups -OCH3 is 1. The number of ether oxygens (including phenoxy) is 1. The number of nitrogens with one attached hydrogen (secondary N) is 2. The monoisotopic (exact) mass is 439 g/mol. The van der Waals surface area contributed by atoms with E-state index in [4.69, 9.17) is 16.3 Å². The van der Waals surface area contributed by atoms with Crippen molar-refractivity contribution in [2.24, 2.45) is 4.99 Å². The first-order chi connectivity index (χ1) is 9.99. The van der Waals surface area contributed by atoms with Gasteiger partial charge in [-0.05, 0) is 24.1 Å². The van der Waals surface area contributed by atoms with Gasteiger partial charge in [0.05, 0.1) is 0 Å². The van der Waals surface area contributed by atoms with E-state index in [2.05, 4.69) is 41.6 Å². The van der Waals surface area contributed by atoms with Crippen molar-refractivity contribution < 1.29 is 4.74 Å². The van der Waals surface area contributed by atoms with E-state index in [0.29, 0.717) is 0 Å². The molecular weight excluding hydrogens is 413 g/mol. The van der Waals surface area contributed by atoms with Gasteiger partial charge >= 0.3 is 0 Å². The van der Waals surface area contributed by atoms with Gasteiger partial charge in [-0.15, -0.1) is 24.0 Å². The average Bonchev–Trinajstić information content (AvgIpc) is 2.47. The zero-order valence-corrected chi connectivity index (χ0v) is 16.9. The van der Waals surface area contributed by atoms with Crippen LogP contribution in [0.15, 0.2) is 29.3 Å². The van der Waals surface area contributed by atoms with Gasteiger partial charge < -0.3 is 15.4 Å². The maximum absolute atomic E-state index is 5.94. The van der Waals surface area contributed by atoms with Gasteiger partial charge in [0.2, 0.25) is 0 Å². The Hall–Kier alpha value is -0.530. The molecule has 0 spiro atoms. The molecule has 0 aromatic heterocycles. The molecule has 1 aromatic carbocycles. The summed E-state index contributed by atoms with van der Waals surface area (Å²) in [4.78, 5) is 4.23. The van der Waals surface area contributed by atoms with Crippen LogP contribution >= 0.6 is 35.6 Å². The number of guanidine groups is 1. The second-order valence-electron chi connectivity index (χ2n) is 5.59. The Labute approximate surface area is 156 Å². The molecule has 0 aliphatic heterocycles. The van der Waals surface area contributed by atoms with Crippen LogP contribution < -0.4 is 10.6 Å². The Morgan fingerprint density at radius 3 is 2.41 bits per heavy atom. The fourth-order valence-electron chi connectivity index (χ4n) is 1.95. The van der Waals surface area contributed by atoms with Gasteiger partial charge in [0.25, 0.3) is 0 Å². The third-order valence-corrected chi connectivity index (χ3v) is 3.62. The Kier molecular flexibility index (Phi) is 10.8. The molecule has 0 saturated heterocycles. The van der Waals surface area contributed by atoms with E-state index >= 15 is 0 Å². The van der Waals surface area contributed by atoms with E-state index < -0.39 is 0 Å². The number of hydrogen-bond donors (Lipinski definition) is 2. The van der Waals surface area contributed by atoms with Crippen LogP contribution in [0, 0.1) is 0 Å². The molecule has 0 atom stereocenters. The summed E-state index contributed by atoms with van der Waals surface area (Å²) in [5, 5.41) is 7.40. The quantitative estimate of drug-likeness (QED) is 0.296. The van der Waals surface area contributed by atoms with Crippen LogP contribution in [-0.4, -0.2) is 39.8 Å². The summed E-state index contributed by atoms with van der Waals surface area (Å²) in [6, 6.07) is 7.99. The van der Waals surface area contributed by atoms with Crippen molar-refractivity contribution >= 4 is 41.5 Å². The predicted molar refractivity (Wildman–Crippen MR) is 106 cm³/mol. The highest BCUT2D eigenvalue weighted by Crippen LogP contribution is 2.23. The third-order valence-electron chi connectivity index (χ3n) is 3.36. The van der Waals surface area contributed by atoms with Crippen LogP contribution in [0.5, 0.6) is 0 Å². The molecule has 0 amide bonds. The molecule has 0 fully saturated rings. The van der Waals surface area contributed by atoms with Gasteiger partial charge in [0.15, 0.2) is 5.96 Å². The van der Waals surface area contributed by atoms with Crippen LogP contribution in [0.2, 0.25) is 5.02 Å². The molecule has 0 heterocycles. The van der Waals surface area contributed by atoms with Crippen LogP contribution in [0.25, 0.3) is 0 Å². The van der Waals surface area contributed by atoms with Crippen LogP contribution in [0.1, 0.15) is 25.8 Å². The van der Waals surface area contributed by atoms with Crippen molar-refractivity contribution in [3.8, 4) is 0 Å². The highest BCUT2D eigenvalue weighted by atomic mass is 127. The summed E-state index contributed by atoms with van der Waals surface area (Å²) in [5.74, 6) is 0.813. The van der Waals surface area contributed by atoms with Gasteiger partial charge in [-0.2, -0.15) is 0 Å². The van der Waals surface area contributed by atoms with Crippen LogP contribution in [0.3, 0.4) is 0 Å². The second kappa shape index (κ2) is 11.1. The Balaban J connectivity index is 0.00000441. The predicted octanol–water partition coefficient (Wildman–Crippen LogP) is 3.44. The van der Waals surface area contributed by atoms with E-state index in [0.717, 1.165) is 37.1 Å². The summed E-state index contributed by atoms with van der Waals surface area (Å²) in [5.41, 5.74) is 1.24. The van der Waals surface area contributed by atoms with Crippen molar-refractivity contribution in [2.75, 3.05) is 33.9 Å². The first-order valence-electron chi connectivity index (χ1n) is 7.19. The standard InChI is InChI=1S/C16H26ClN3O.HI/c1-16(2,13-6-8-14(17)9-7-13)12-20-15(18-3)19-10-5-11-21-4;/h6-9H,5,10-12H2,1-4H3,(H2,18,19,20);1H. The molecule has 0 radical (unpaired) electrons. The van der Waals surface area contributed by atoms with Crippen molar-refractivity contribution in [3.63, 3.8) is 0 Å². The van der Waals surface area contributed by atoms with E-state index in [-0.39, 0.29) is 29.4 Å². The Bertz CT molecular complexity index is 449. The van der Waals surface area contributed by atoms with Gasteiger partial charge in [0.1, 0.15) is 0 Å². The minimum atomic E-state index is -0.00522. The maximum Gasteiger partial charge on any atom is 0.191 e. The lowest BCUT2D eigenvalue weighted by Crippen LogP contribution is -2.43. The number of nitrogens with zero attached hydrogens (tertiary/aromatic N) is 1. The summed E-state index contributed by atoms with van der Waals surface area (Å²) in [6.07, 6.45) is 0.956. The fourth-order valence-corrected chi connectivity index (χ4v) is 2.08. The molecule has 0 unspecified atom stereocenters. The molecule has 0 bridgehead atoms. The van der Waals surface area contributed by atoms with E-state index in [1.54, 1.807) is 14.2 Å². The van der Waals surface area contributed by atoms with E-state index in [1.165, 1.54) is 5.56 Å². The van der Waals surface area contributed by atoms with Crippen molar-refractivity contribution in [1.82, 2.24) is 10.6 Å². The number of halogens is 2. The molecule has 6 heteroatoms. The van der Waals surface area contributed by atoms with Crippen LogP contribution in [-0.2, 0) is 10.2 Å². The molecule has 1 aromatic rings. The minimum absolute atomic E-state index is 0. The highest BCUT2D eigenvalue weighted by molar-refractivity contribution is 14.0. The molecule has 0 aliphatic carbocycles. The fraction of sp³-hybridized carbons (Fsp3) is 0.562. The van der Waals surface area contributed by atoms with Crippen molar-refractivity contribution in [2.45, 2.75) is 25.7 Å². The molecule has 22 heavy (non-hydrogen) atoms. The smallest absolute Gasteiger partial charge is 0.191 e. The lowest BCUT2D eigenvalue weighted by atomic mass is 9.85. The van der Waals surface area contributed by atoms with Gasteiger partial charge in [-0.3, -0.25) is 4.99 Å². The topological polar surface area (TPSA) is 45.7 Å². The normalized spacial score (nSPS) is 11.8. The van der Waals surface area contributed by atoms with E-state index in [1.807, 2.05) is 12.1 Å².